The maximum atomic E-state index is 12.8. The van der Waals surface area contributed by atoms with E-state index in [2.05, 4.69) is 5.10 Å². The topological polar surface area (TPSA) is 79.4 Å². The molecule has 0 spiro atoms. The molecule has 0 saturated heterocycles. The van der Waals surface area contributed by atoms with Crippen molar-refractivity contribution in [2.24, 2.45) is 7.05 Å². The fourth-order valence-electron chi connectivity index (χ4n) is 2.41. The Hall–Kier alpha value is -3.56. The minimum atomic E-state index is -4.66. The minimum absolute atomic E-state index is 0.0652. The summed E-state index contributed by atoms with van der Waals surface area (Å²) in [5.41, 5.74) is -0.859. The van der Waals surface area contributed by atoms with Crippen molar-refractivity contribution >= 4 is 5.69 Å². The largest absolute Gasteiger partial charge is 0.482 e. The lowest BCUT2D eigenvalue weighted by Crippen LogP contribution is -2.06. The highest BCUT2D eigenvalue weighted by molar-refractivity contribution is 5.58. The Balaban J connectivity index is 1.89. The molecule has 7 nitrogen and oxygen atoms in total. The Morgan fingerprint density at radius 3 is 2.39 bits per heavy atom. The molecule has 10 heteroatoms. The Labute approximate surface area is 157 Å². The lowest BCUT2D eigenvalue weighted by Gasteiger charge is -2.10. The summed E-state index contributed by atoms with van der Waals surface area (Å²) in [5, 5.41) is 14.9. The number of halogens is 3. The highest BCUT2D eigenvalue weighted by Crippen LogP contribution is 2.40. The van der Waals surface area contributed by atoms with Crippen LogP contribution in [0.15, 0.2) is 54.6 Å². The van der Waals surface area contributed by atoms with Crippen LogP contribution in [0.5, 0.6) is 17.4 Å². The van der Waals surface area contributed by atoms with Gasteiger partial charge in [0, 0.05) is 13.1 Å². The smallest absolute Gasteiger partial charge is 0.435 e. The van der Waals surface area contributed by atoms with Crippen LogP contribution >= 0.6 is 0 Å². The summed E-state index contributed by atoms with van der Waals surface area (Å²) in [6, 6.07) is 13.8. The summed E-state index contributed by atoms with van der Waals surface area (Å²) >= 11 is 0. The summed E-state index contributed by atoms with van der Waals surface area (Å²) < 4.78 is 50.1. The number of hydrogen-bond acceptors (Lipinski definition) is 5. The van der Waals surface area contributed by atoms with Crippen molar-refractivity contribution < 1.29 is 27.6 Å². The molecule has 0 fully saturated rings. The fourth-order valence-corrected chi connectivity index (χ4v) is 2.41. The van der Waals surface area contributed by atoms with Gasteiger partial charge in [-0.25, -0.2) is 4.68 Å². The number of hydrogen-bond donors (Lipinski definition) is 0. The summed E-state index contributed by atoms with van der Waals surface area (Å²) in [6.07, 6.45) is -4.66. The molecular formula is C18H14F3N3O4. The molecule has 0 aliphatic rings. The van der Waals surface area contributed by atoms with Crippen LogP contribution in [0.4, 0.5) is 18.9 Å². The first-order valence-electron chi connectivity index (χ1n) is 7.99. The van der Waals surface area contributed by atoms with E-state index in [-0.39, 0.29) is 24.0 Å². The lowest BCUT2D eigenvalue weighted by molar-refractivity contribution is -0.386. The molecule has 0 aliphatic carbocycles. The average Bonchev–Trinajstić information content (AvgIpc) is 3.01. The first-order chi connectivity index (χ1) is 13.3. The lowest BCUT2D eigenvalue weighted by atomic mass is 10.2. The van der Waals surface area contributed by atoms with Gasteiger partial charge in [-0.15, -0.1) is 0 Å². The zero-order valence-electron chi connectivity index (χ0n) is 14.5. The van der Waals surface area contributed by atoms with E-state index >= 15 is 0 Å². The molecule has 28 heavy (non-hydrogen) atoms. The normalized spacial score (nSPS) is 11.3. The van der Waals surface area contributed by atoms with E-state index in [0.29, 0.717) is 6.07 Å². The van der Waals surface area contributed by atoms with Gasteiger partial charge in [-0.2, -0.15) is 18.3 Å². The second-order valence-corrected chi connectivity index (χ2v) is 5.73. The number of aryl methyl sites for hydroxylation is 1. The number of nitro benzene ring substituents is 1. The van der Waals surface area contributed by atoms with Crippen LogP contribution in [0.2, 0.25) is 0 Å². The summed E-state index contributed by atoms with van der Waals surface area (Å²) in [6.45, 7) is 0.0784. The van der Waals surface area contributed by atoms with Crippen molar-refractivity contribution in [2.75, 3.05) is 0 Å². The molecule has 0 unspecified atom stereocenters. The van der Waals surface area contributed by atoms with Gasteiger partial charge in [0.2, 0.25) is 17.4 Å². The van der Waals surface area contributed by atoms with Crippen molar-refractivity contribution in [1.29, 1.82) is 0 Å². The number of para-hydroxylation sites is 1. The van der Waals surface area contributed by atoms with Gasteiger partial charge in [0.15, 0.2) is 5.69 Å². The molecule has 3 rings (SSSR count). The summed E-state index contributed by atoms with van der Waals surface area (Å²) in [7, 11) is 1.24. The standard InChI is InChI=1S/C18H14F3N3O4/c1-23-16(10-15(22-23)18(19,20)21)28-14-9-5-8-13(17(14)24(25)26)27-11-12-6-3-2-4-7-12/h2-10H,11H2,1H3. The van der Waals surface area contributed by atoms with E-state index in [9.17, 15) is 23.3 Å². The van der Waals surface area contributed by atoms with Gasteiger partial charge < -0.3 is 9.47 Å². The molecule has 0 saturated carbocycles. The number of benzene rings is 2. The zero-order valence-corrected chi connectivity index (χ0v) is 14.5. The SMILES string of the molecule is Cn1nc(C(F)(F)F)cc1Oc1cccc(OCc2ccccc2)c1[N+](=O)[O-]. The molecule has 0 aliphatic heterocycles. The predicted octanol–water partition coefficient (Wildman–Crippen LogP) is 4.72. The maximum Gasteiger partial charge on any atom is 0.435 e. The van der Waals surface area contributed by atoms with Crippen LogP contribution in [-0.2, 0) is 19.8 Å². The van der Waals surface area contributed by atoms with Gasteiger partial charge in [-0.05, 0) is 17.7 Å². The Bertz CT molecular complexity index is 987. The molecule has 0 radical (unpaired) electrons. The second kappa shape index (κ2) is 7.59. The third-order valence-electron chi connectivity index (χ3n) is 3.72. The van der Waals surface area contributed by atoms with Crippen molar-refractivity contribution in [3.8, 4) is 17.4 Å². The number of rotatable bonds is 6. The van der Waals surface area contributed by atoms with Crippen molar-refractivity contribution in [3.63, 3.8) is 0 Å². The summed E-state index contributed by atoms with van der Waals surface area (Å²) in [4.78, 5) is 10.8. The van der Waals surface area contributed by atoms with Crippen molar-refractivity contribution in [2.45, 2.75) is 12.8 Å². The monoisotopic (exact) mass is 393 g/mol. The average molecular weight is 393 g/mol. The van der Waals surface area contributed by atoms with Crippen LogP contribution < -0.4 is 9.47 Å². The van der Waals surface area contributed by atoms with E-state index in [1.807, 2.05) is 6.07 Å². The van der Waals surface area contributed by atoms with E-state index in [0.717, 1.165) is 10.2 Å². The molecule has 3 aromatic rings. The Kier molecular flexibility index (Phi) is 5.21. The zero-order chi connectivity index (χ0) is 20.3. The highest BCUT2D eigenvalue weighted by Gasteiger charge is 2.35. The molecule has 0 bridgehead atoms. The number of nitro groups is 1. The van der Waals surface area contributed by atoms with Gasteiger partial charge in [0.05, 0.1) is 4.92 Å². The molecular weight excluding hydrogens is 379 g/mol. The van der Waals surface area contributed by atoms with E-state index in [1.165, 1.54) is 25.2 Å². The first-order valence-corrected chi connectivity index (χ1v) is 7.99. The fraction of sp³-hybridized carbons (Fsp3) is 0.167. The first kappa shape index (κ1) is 19.2. The number of aromatic nitrogens is 2. The third kappa shape index (κ3) is 4.22. The Morgan fingerprint density at radius 1 is 1.11 bits per heavy atom. The third-order valence-corrected chi connectivity index (χ3v) is 3.72. The van der Waals surface area contributed by atoms with E-state index < -0.39 is 22.5 Å². The van der Waals surface area contributed by atoms with E-state index in [1.54, 1.807) is 24.3 Å². The van der Waals surface area contributed by atoms with Crippen LogP contribution in [0.25, 0.3) is 0 Å². The highest BCUT2D eigenvalue weighted by atomic mass is 19.4. The molecule has 146 valence electrons. The van der Waals surface area contributed by atoms with Crippen molar-refractivity contribution in [3.05, 3.63) is 76.0 Å². The quantitative estimate of drug-likeness (QED) is 0.447. The van der Waals surface area contributed by atoms with Gasteiger partial charge in [-0.1, -0.05) is 36.4 Å². The van der Waals surface area contributed by atoms with Crippen LogP contribution in [0, 0.1) is 10.1 Å². The molecule has 2 aromatic carbocycles. The molecule has 0 N–H and O–H groups in total. The van der Waals surface area contributed by atoms with Crippen LogP contribution in [0.1, 0.15) is 11.3 Å². The van der Waals surface area contributed by atoms with E-state index in [4.69, 9.17) is 9.47 Å². The van der Waals surface area contributed by atoms with Gasteiger partial charge >= 0.3 is 11.9 Å². The maximum absolute atomic E-state index is 12.8. The van der Waals surface area contributed by atoms with Gasteiger partial charge in [0.25, 0.3) is 0 Å². The second-order valence-electron chi connectivity index (χ2n) is 5.73. The predicted molar refractivity (Wildman–Crippen MR) is 92.2 cm³/mol. The van der Waals surface area contributed by atoms with Crippen LogP contribution in [-0.4, -0.2) is 14.7 Å². The number of nitrogens with zero attached hydrogens (tertiary/aromatic N) is 3. The van der Waals surface area contributed by atoms with Gasteiger partial charge in [0.1, 0.15) is 6.61 Å². The molecule has 1 aromatic heterocycles. The molecule has 1 heterocycles. The van der Waals surface area contributed by atoms with Gasteiger partial charge in [-0.3, -0.25) is 10.1 Å². The number of alkyl halides is 3. The van der Waals surface area contributed by atoms with Crippen molar-refractivity contribution in [1.82, 2.24) is 9.78 Å². The Morgan fingerprint density at radius 2 is 1.79 bits per heavy atom. The number of ether oxygens (including phenoxy) is 2. The molecule has 0 atom stereocenters. The summed E-state index contributed by atoms with van der Waals surface area (Å²) in [5.74, 6) is -0.618. The minimum Gasteiger partial charge on any atom is -0.482 e. The van der Waals surface area contributed by atoms with Crippen LogP contribution in [0.3, 0.4) is 0 Å². The molecule has 0 amide bonds.